The molecule has 0 fully saturated rings. The minimum Gasteiger partial charge on any atom is -0.319 e. The SMILES string of the molecule is CCCc1cccc(C(N)c2snnc2C(C)(C)C)c1. The van der Waals surface area contributed by atoms with E-state index >= 15 is 0 Å². The molecule has 0 aliphatic heterocycles. The fourth-order valence-corrected chi connectivity index (χ4v) is 3.20. The van der Waals surface area contributed by atoms with Gasteiger partial charge in [-0.3, -0.25) is 0 Å². The predicted octanol–water partition coefficient (Wildman–Crippen LogP) is 3.84. The Labute approximate surface area is 125 Å². The second-order valence-electron chi connectivity index (χ2n) is 6.21. The van der Waals surface area contributed by atoms with Crippen molar-refractivity contribution in [1.82, 2.24) is 9.59 Å². The number of hydrogen-bond donors (Lipinski definition) is 1. The van der Waals surface area contributed by atoms with Crippen LogP contribution in [0.4, 0.5) is 0 Å². The number of nitrogens with two attached hydrogens (primary N) is 1. The van der Waals surface area contributed by atoms with Crippen molar-refractivity contribution in [3.8, 4) is 0 Å². The van der Waals surface area contributed by atoms with Crippen molar-refractivity contribution >= 4 is 11.5 Å². The first-order chi connectivity index (χ1) is 9.43. The van der Waals surface area contributed by atoms with Crippen molar-refractivity contribution in [2.45, 2.75) is 52.0 Å². The molecule has 0 aliphatic carbocycles. The summed E-state index contributed by atoms with van der Waals surface area (Å²) >= 11 is 1.41. The van der Waals surface area contributed by atoms with E-state index in [1.807, 2.05) is 0 Å². The molecule has 0 radical (unpaired) electrons. The molecule has 4 heteroatoms. The second kappa shape index (κ2) is 6.02. The Bertz CT molecular complexity index is 569. The molecule has 0 saturated heterocycles. The van der Waals surface area contributed by atoms with Crippen molar-refractivity contribution < 1.29 is 0 Å². The van der Waals surface area contributed by atoms with Gasteiger partial charge in [-0.05, 0) is 29.1 Å². The van der Waals surface area contributed by atoms with Crippen LogP contribution in [0.3, 0.4) is 0 Å². The van der Waals surface area contributed by atoms with E-state index in [1.54, 1.807) is 0 Å². The van der Waals surface area contributed by atoms with E-state index < -0.39 is 0 Å². The zero-order valence-electron chi connectivity index (χ0n) is 12.7. The Morgan fingerprint density at radius 3 is 2.70 bits per heavy atom. The Morgan fingerprint density at radius 1 is 1.30 bits per heavy atom. The minimum atomic E-state index is -0.138. The molecule has 0 amide bonds. The summed E-state index contributed by atoms with van der Waals surface area (Å²) in [4.78, 5) is 1.08. The zero-order chi connectivity index (χ0) is 14.8. The number of aromatic nitrogens is 2. The summed E-state index contributed by atoms with van der Waals surface area (Å²) in [6, 6.07) is 8.41. The minimum absolute atomic E-state index is 0.0268. The smallest absolute Gasteiger partial charge is 0.0860 e. The summed E-state index contributed by atoms with van der Waals surface area (Å²) in [7, 11) is 0. The van der Waals surface area contributed by atoms with Crippen molar-refractivity contribution in [3.05, 3.63) is 46.0 Å². The van der Waals surface area contributed by atoms with E-state index in [4.69, 9.17) is 5.73 Å². The van der Waals surface area contributed by atoms with Crippen molar-refractivity contribution in [2.75, 3.05) is 0 Å². The van der Waals surface area contributed by atoms with Crippen LogP contribution in [-0.4, -0.2) is 9.59 Å². The van der Waals surface area contributed by atoms with Crippen LogP contribution < -0.4 is 5.73 Å². The molecule has 1 atom stereocenters. The first-order valence-electron chi connectivity index (χ1n) is 7.10. The normalized spacial score (nSPS) is 13.4. The third kappa shape index (κ3) is 3.25. The van der Waals surface area contributed by atoms with Gasteiger partial charge in [0.15, 0.2) is 0 Å². The third-order valence-corrected chi connectivity index (χ3v) is 4.16. The monoisotopic (exact) mass is 289 g/mol. The number of rotatable bonds is 4. The maximum Gasteiger partial charge on any atom is 0.0860 e. The maximum atomic E-state index is 6.45. The number of hydrogen-bond acceptors (Lipinski definition) is 4. The molecule has 20 heavy (non-hydrogen) atoms. The zero-order valence-corrected chi connectivity index (χ0v) is 13.5. The van der Waals surface area contributed by atoms with Crippen LogP contribution in [0.1, 0.15) is 61.9 Å². The van der Waals surface area contributed by atoms with Gasteiger partial charge in [0, 0.05) is 5.41 Å². The molecule has 2 aromatic rings. The van der Waals surface area contributed by atoms with E-state index in [2.05, 4.69) is 61.5 Å². The van der Waals surface area contributed by atoms with Crippen molar-refractivity contribution in [2.24, 2.45) is 5.73 Å². The average molecular weight is 289 g/mol. The van der Waals surface area contributed by atoms with Gasteiger partial charge in [0.1, 0.15) is 0 Å². The van der Waals surface area contributed by atoms with Gasteiger partial charge in [-0.15, -0.1) is 5.10 Å². The molecular formula is C16H23N3S. The Morgan fingerprint density at radius 2 is 2.05 bits per heavy atom. The van der Waals surface area contributed by atoms with Crippen LogP contribution in [0.25, 0.3) is 0 Å². The Kier molecular flexibility index (Phi) is 4.55. The van der Waals surface area contributed by atoms with Crippen LogP contribution in [0.15, 0.2) is 24.3 Å². The highest BCUT2D eigenvalue weighted by Gasteiger charge is 2.26. The lowest BCUT2D eigenvalue weighted by atomic mass is 9.88. The van der Waals surface area contributed by atoms with Gasteiger partial charge in [-0.25, -0.2) is 0 Å². The molecule has 0 saturated carbocycles. The molecule has 1 unspecified atom stereocenters. The van der Waals surface area contributed by atoms with Gasteiger partial charge in [0.2, 0.25) is 0 Å². The van der Waals surface area contributed by atoms with Gasteiger partial charge in [-0.1, -0.05) is 62.9 Å². The molecule has 2 rings (SSSR count). The molecule has 2 N–H and O–H groups in total. The van der Waals surface area contributed by atoms with Gasteiger partial charge in [0.25, 0.3) is 0 Å². The second-order valence-corrected chi connectivity index (χ2v) is 6.99. The van der Waals surface area contributed by atoms with E-state index in [0.717, 1.165) is 29.0 Å². The fourth-order valence-electron chi connectivity index (χ4n) is 2.30. The highest BCUT2D eigenvalue weighted by Crippen LogP contribution is 2.32. The molecule has 3 nitrogen and oxygen atoms in total. The maximum absolute atomic E-state index is 6.45. The number of aryl methyl sites for hydroxylation is 1. The number of nitrogens with zero attached hydrogens (tertiary/aromatic N) is 2. The lowest BCUT2D eigenvalue weighted by Crippen LogP contribution is -2.19. The van der Waals surface area contributed by atoms with Crippen LogP contribution in [0, 0.1) is 0 Å². The van der Waals surface area contributed by atoms with Gasteiger partial charge in [0.05, 0.1) is 16.6 Å². The summed E-state index contributed by atoms with van der Waals surface area (Å²) < 4.78 is 4.11. The third-order valence-electron chi connectivity index (χ3n) is 3.36. The van der Waals surface area contributed by atoms with Crippen LogP contribution in [0.2, 0.25) is 0 Å². The van der Waals surface area contributed by atoms with Gasteiger partial charge >= 0.3 is 0 Å². The standard InChI is InChI=1S/C16H23N3S/c1-5-7-11-8-6-9-12(10-11)13(17)14-15(16(2,3)4)18-19-20-14/h6,8-10,13H,5,7,17H2,1-4H3. The molecule has 108 valence electrons. The van der Waals surface area contributed by atoms with Gasteiger partial charge < -0.3 is 5.73 Å². The molecule has 1 aromatic heterocycles. The van der Waals surface area contributed by atoms with E-state index in [-0.39, 0.29) is 11.5 Å². The molecule has 0 bridgehead atoms. The molecule has 0 aliphatic rings. The fraction of sp³-hybridized carbons (Fsp3) is 0.500. The van der Waals surface area contributed by atoms with Crippen molar-refractivity contribution in [1.29, 1.82) is 0 Å². The summed E-state index contributed by atoms with van der Waals surface area (Å²) in [6.45, 7) is 8.63. The van der Waals surface area contributed by atoms with E-state index in [9.17, 15) is 0 Å². The molecule has 1 heterocycles. The van der Waals surface area contributed by atoms with Crippen LogP contribution in [0.5, 0.6) is 0 Å². The summed E-state index contributed by atoms with van der Waals surface area (Å²) in [5, 5.41) is 4.28. The lowest BCUT2D eigenvalue weighted by Gasteiger charge is -2.20. The summed E-state index contributed by atoms with van der Waals surface area (Å²) in [6.07, 6.45) is 2.24. The highest BCUT2D eigenvalue weighted by molar-refractivity contribution is 7.05. The molecule has 0 spiro atoms. The van der Waals surface area contributed by atoms with Crippen LogP contribution >= 0.6 is 11.5 Å². The van der Waals surface area contributed by atoms with E-state index in [0.29, 0.717) is 0 Å². The highest BCUT2D eigenvalue weighted by atomic mass is 32.1. The Balaban J connectivity index is 2.34. The number of benzene rings is 1. The lowest BCUT2D eigenvalue weighted by molar-refractivity contribution is 0.556. The Hall–Kier alpha value is -1.26. The predicted molar refractivity (Wildman–Crippen MR) is 85.1 cm³/mol. The molecule has 1 aromatic carbocycles. The average Bonchev–Trinajstić information content (AvgIpc) is 2.87. The summed E-state index contributed by atoms with van der Waals surface area (Å²) in [5.41, 5.74) is 9.93. The summed E-state index contributed by atoms with van der Waals surface area (Å²) in [5.74, 6) is 0. The van der Waals surface area contributed by atoms with Crippen LogP contribution in [-0.2, 0) is 11.8 Å². The quantitative estimate of drug-likeness (QED) is 0.930. The van der Waals surface area contributed by atoms with Crippen molar-refractivity contribution in [3.63, 3.8) is 0 Å². The topological polar surface area (TPSA) is 51.8 Å². The first-order valence-corrected chi connectivity index (χ1v) is 7.88. The molecular weight excluding hydrogens is 266 g/mol. The largest absolute Gasteiger partial charge is 0.319 e. The van der Waals surface area contributed by atoms with Gasteiger partial charge in [-0.2, -0.15) is 0 Å². The van der Waals surface area contributed by atoms with E-state index in [1.165, 1.54) is 17.1 Å². The first kappa shape index (κ1) is 15.1.